The first-order valence-electron chi connectivity index (χ1n) is 9.11. The molecular weight excluding hydrogens is 449 g/mol. The van der Waals surface area contributed by atoms with Gasteiger partial charge in [0.1, 0.15) is 5.75 Å². The molecule has 0 saturated heterocycles. The van der Waals surface area contributed by atoms with Gasteiger partial charge in [-0.25, -0.2) is 0 Å². The van der Waals surface area contributed by atoms with Gasteiger partial charge in [0.15, 0.2) is 4.34 Å². The number of para-hydroxylation sites is 1. The molecule has 2 N–H and O–H groups in total. The second-order valence-corrected chi connectivity index (χ2v) is 9.15. The molecule has 164 valence electrons. The van der Waals surface area contributed by atoms with Crippen molar-refractivity contribution in [3.63, 3.8) is 0 Å². The molecule has 1 unspecified atom stereocenters. The van der Waals surface area contributed by atoms with Crippen LogP contribution in [0.4, 0.5) is 29.7 Å². The number of aromatic nitrogens is 2. The lowest BCUT2D eigenvalue weighted by Crippen LogP contribution is -2.23. The zero-order valence-corrected chi connectivity index (χ0v) is 18.4. The summed E-state index contributed by atoms with van der Waals surface area (Å²) < 4.78 is 41.1. The molecule has 0 aliphatic carbocycles. The topological polar surface area (TPSA) is 76.1 Å². The minimum Gasteiger partial charge on any atom is -0.406 e. The summed E-state index contributed by atoms with van der Waals surface area (Å²) >= 11 is 2.51. The van der Waals surface area contributed by atoms with Crippen molar-refractivity contribution >= 4 is 45.5 Å². The summed E-state index contributed by atoms with van der Waals surface area (Å²) in [5.74, 6) is -0.456. The van der Waals surface area contributed by atoms with E-state index in [-0.39, 0.29) is 11.7 Å². The summed E-state index contributed by atoms with van der Waals surface area (Å²) in [7, 11) is 0. The van der Waals surface area contributed by atoms with Gasteiger partial charge >= 0.3 is 6.36 Å². The minimum atomic E-state index is -4.73. The summed E-state index contributed by atoms with van der Waals surface area (Å²) in [6.07, 6.45) is -4.73. The van der Waals surface area contributed by atoms with Gasteiger partial charge in [-0.2, -0.15) is 0 Å². The zero-order valence-electron chi connectivity index (χ0n) is 16.8. The van der Waals surface area contributed by atoms with E-state index in [0.29, 0.717) is 15.2 Å². The average Bonchev–Trinajstić information content (AvgIpc) is 3.12. The number of aryl methyl sites for hydroxylation is 2. The molecule has 31 heavy (non-hydrogen) atoms. The van der Waals surface area contributed by atoms with Gasteiger partial charge in [-0.1, -0.05) is 41.3 Å². The predicted molar refractivity (Wildman–Crippen MR) is 116 cm³/mol. The number of halogens is 3. The van der Waals surface area contributed by atoms with E-state index >= 15 is 0 Å². The Hall–Kier alpha value is -2.79. The zero-order chi connectivity index (χ0) is 22.6. The number of anilines is 3. The largest absolute Gasteiger partial charge is 0.573 e. The highest BCUT2D eigenvalue weighted by Gasteiger charge is 2.31. The van der Waals surface area contributed by atoms with Crippen LogP contribution in [-0.2, 0) is 4.79 Å². The van der Waals surface area contributed by atoms with Crippen LogP contribution in [0.3, 0.4) is 0 Å². The van der Waals surface area contributed by atoms with Gasteiger partial charge in [-0.05, 0) is 56.2 Å². The van der Waals surface area contributed by atoms with Gasteiger partial charge in [0, 0.05) is 11.4 Å². The van der Waals surface area contributed by atoms with Crippen molar-refractivity contribution in [3.8, 4) is 5.75 Å². The second kappa shape index (κ2) is 9.56. The maximum absolute atomic E-state index is 12.6. The average molecular weight is 469 g/mol. The number of benzene rings is 2. The quantitative estimate of drug-likeness (QED) is 0.420. The molecule has 0 aliphatic rings. The van der Waals surface area contributed by atoms with Crippen LogP contribution in [0, 0.1) is 13.8 Å². The number of carbonyl (C=O) groups excluding carboxylic acids is 1. The molecular formula is C20H19F3N4O2S2. The van der Waals surface area contributed by atoms with Crippen LogP contribution in [0.5, 0.6) is 5.75 Å². The van der Waals surface area contributed by atoms with Crippen LogP contribution in [0.15, 0.2) is 46.8 Å². The van der Waals surface area contributed by atoms with Crippen molar-refractivity contribution in [1.29, 1.82) is 0 Å². The Morgan fingerprint density at radius 3 is 2.35 bits per heavy atom. The summed E-state index contributed by atoms with van der Waals surface area (Å²) in [5.41, 5.74) is 3.31. The Kier molecular flexibility index (Phi) is 7.06. The molecule has 0 fully saturated rings. The van der Waals surface area contributed by atoms with E-state index in [1.165, 1.54) is 47.4 Å². The SMILES string of the molecule is Cc1cccc(C)c1NC(=O)C(C)Sc1nnc(Nc2ccc(OC(F)(F)F)cc2)s1. The van der Waals surface area contributed by atoms with Crippen LogP contribution >= 0.6 is 23.1 Å². The van der Waals surface area contributed by atoms with E-state index < -0.39 is 11.6 Å². The van der Waals surface area contributed by atoms with E-state index in [9.17, 15) is 18.0 Å². The van der Waals surface area contributed by atoms with Crippen LogP contribution in [-0.4, -0.2) is 27.7 Å². The molecule has 1 atom stereocenters. The number of carbonyl (C=O) groups is 1. The van der Waals surface area contributed by atoms with E-state index in [2.05, 4.69) is 25.6 Å². The number of ether oxygens (including phenoxy) is 1. The monoisotopic (exact) mass is 468 g/mol. The molecule has 11 heteroatoms. The molecule has 0 radical (unpaired) electrons. The molecule has 3 rings (SSSR count). The lowest BCUT2D eigenvalue weighted by atomic mass is 10.1. The first-order valence-corrected chi connectivity index (χ1v) is 10.8. The van der Waals surface area contributed by atoms with Gasteiger partial charge in [0.25, 0.3) is 0 Å². The number of hydrogen-bond acceptors (Lipinski definition) is 7. The summed E-state index contributed by atoms with van der Waals surface area (Å²) in [6.45, 7) is 5.65. The van der Waals surface area contributed by atoms with E-state index in [1.807, 2.05) is 32.0 Å². The van der Waals surface area contributed by atoms with Crippen LogP contribution < -0.4 is 15.4 Å². The molecule has 3 aromatic rings. The fourth-order valence-corrected chi connectivity index (χ4v) is 4.53. The van der Waals surface area contributed by atoms with Crippen molar-refractivity contribution in [1.82, 2.24) is 10.2 Å². The fourth-order valence-electron chi connectivity index (χ4n) is 2.61. The van der Waals surface area contributed by atoms with Crippen molar-refractivity contribution < 1.29 is 22.7 Å². The third-order valence-corrected chi connectivity index (χ3v) is 6.14. The second-order valence-electron chi connectivity index (χ2n) is 6.59. The maximum atomic E-state index is 12.6. The molecule has 1 heterocycles. The standard InChI is InChI=1S/C20H19F3N4O2S2/c1-11-5-4-6-12(2)16(11)25-17(28)13(3)30-19-27-26-18(31-19)24-14-7-9-15(10-8-14)29-20(21,22)23/h4-10,13H,1-3H3,(H,24,26)(H,25,28). The van der Waals surface area contributed by atoms with Crippen LogP contribution in [0.25, 0.3) is 0 Å². The summed E-state index contributed by atoms with van der Waals surface area (Å²) in [4.78, 5) is 12.6. The number of amides is 1. The van der Waals surface area contributed by atoms with E-state index in [1.54, 1.807) is 6.92 Å². The maximum Gasteiger partial charge on any atom is 0.573 e. The summed E-state index contributed by atoms with van der Waals surface area (Å²) in [6, 6.07) is 11.1. The lowest BCUT2D eigenvalue weighted by molar-refractivity contribution is -0.274. The molecule has 6 nitrogen and oxygen atoms in total. The Morgan fingerprint density at radius 2 is 1.74 bits per heavy atom. The predicted octanol–water partition coefficient (Wildman–Crippen LogP) is 5.92. The fraction of sp³-hybridized carbons (Fsp3) is 0.250. The molecule has 2 aromatic carbocycles. The number of nitrogens with one attached hydrogen (secondary N) is 2. The highest BCUT2D eigenvalue weighted by molar-refractivity contribution is 8.02. The molecule has 1 amide bonds. The molecule has 0 spiro atoms. The van der Waals surface area contributed by atoms with Crippen molar-refractivity contribution in [3.05, 3.63) is 53.6 Å². The summed E-state index contributed by atoms with van der Waals surface area (Å²) in [5, 5.41) is 14.0. The van der Waals surface area contributed by atoms with Gasteiger partial charge in [-0.3, -0.25) is 4.79 Å². The Bertz CT molecular complexity index is 1040. The molecule has 0 bridgehead atoms. The number of hydrogen-bond donors (Lipinski definition) is 2. The van der Waals surface area contributed by atoms with E-state index in [4.69, 9.17) is 0 Å². The van der Waals surface area contributed by atoms with Crippen molar-refractivity contribution in [2.75, 3.05) is 10.6 Å². The van der Waals surface area contributed by atoms with Crippen LogP contribution in [0.1, 0.15) is 18.1 Å². The Balaban J connectivity index is 1.57. The Labute approximate surface area is 185 Å². The van der Waals surface area contributed by atoms with Crippen molar-refractivity contribution in [2.45, 2.75) is 36.7 Å². The van der Waals surface area contributed by atoms with Gasteiger partial charge in [0.2, 0.25) is 11.0 Å². The van der Waals surface area contributed by atoms with E-state index in [0.717, 1.165) is 16.8 Å². The smallest absolute Gasteiger partial charge is 0.406 e. The number of alkyl halides is 3. The van der Waals surface area contributed by atoms with Gasteiger partial charge in [-0.15, -0.1) is 23.4 Å². The third kappa shape index (κ3) is 6.59. The molecule has 0 aliphatic heterocycles. The number of nitrogens with zero attached hydrogens (tertiary/aromatic N) is 2. The number of rotatable bonds is 7. The van der Waals surface area contributed by atoms with Crippen LogP contribution in [0.2, 0.25) is 0 Å². The van der Waals surface area contributed by atoms with Crippen molar-refractivity contribution in [2.24, 2.45) is 0 Å². The first kappa shape index (κ1) is 22.9. The number of thioether (sulfide) groups is 1. The van der Waals surface area contributed by atoms with Gasteiger partial charge in [0.05, 0.1) is 5.25 Å². The Morgan fingerprint density at radius 1 is 1.10 bits per heavy atom. The molecule has 0 saturated carbocycles. The third-order valence-electron chi connectivity index (χ3n) is 4.12. The minimum absolute atomic E-state index is 0.146. The highest BCUT2D eigenvalue weighted by Crippen LogP contribution is 2.32. The van der Waals surface area contributed by atoms with Gasteiger partial charge < -0.3 is 15.4 Å². The highest BCUT2D eigenvalue weighted by atomic mass is 32.2. The normalized spacial score (nSPS) is 12.3. The lowest BCUT2D eigenvalue weighted by Gasteiger charge is -2.14. The molecule has 1 aromatic heterocycles. The first-order chi connectivity index (χ1) is 14.6.